The molecule has 2 nitrogen and oxygen atoms in total. The predicted octanol–water partition coefficient (Wildman–Crippen LogP) is 12.9. The first-order valence-corrected chi connectivity index (χ1v) is 19.0. The van der Waals surface area contributed by atoms with Crippen molar-refractivity contribution >= 4 is 5.78 Å². The Hall–Kier alpha value is -0.370. The highest BCUT2D eigenvalue weighted by molar-refractivity contribution is 5.80. The number of hydrogen-bond acceptors (Lipinski definition) is 2. The molecule has 1 N–H and O–H groups in total. The normalized spacial score (nSPS) is 12.3. The number of unbranched alkanes of at least 4 members (excludes halogenated alkanes) is 24. The van der Waals surface area contributed by atoms with Crippen LogP contribution in [0.15, 0.2) is 0 Å². The summed E-state index contributed by atoms with van der Waals surface area (Å²) in [5.41, 5.74) is 0. The molecule has 40 heavy (non-hydrogen) atoms. The van der Waals surface area contributed by atoms with Gasteiger partial charge in [-0.15, -0.1) is 0 Å². The lowest BCUT2D eigenvalue weighted by Gasteiger charge is -2.16. The van der Waals surface area contributed by atoms with Crippen LogP contribution in [0.25, 0.3) is 0 Å². The van der Waals surface area contributed by atoms with E-state index in [-0.39, 0.29) is 0 Å². The molecule has 0 radical (unpaired) electrons. The zero-order valence-corrected chi connectivity index (χ0v) is 28.3. The molecule has 1 unspecified atom stereocenters. The van der Waals surface area contributed by atoms with E-state index in [1.54, 1.807) is 0 Å². The lowest BCUT2D eigenvalue weighted by molar-refractivity contribution is -0.123. The van der Waals surface area contributed by atoms with Crippen LogP contribution in [0.3, 0.4) is 0 Å². The summed E-state index contributed by atoms with van der Waals surface area (Å²) in [6, 6.07) is 0. The van der Waals surface area contributed by atoms with E-state index < -0.39 is 0 Å². The summed E-state index contributed by atoms with van der Waals surface area (Å²) in [5.74, 6) is 0.931. The molecular formula is C38H77NO. The Morgan fingerprint density at radius 1 is 0.400 bits per heavy atom. The minimum Gasteiger partial charge on any atom is -0.317 e. The standard InChI is InChI=1S/C38H77NO/c1-4-7-10-13-16-17-18-19-20-21-23-25-28-34-38(40)37(32-27-24-22-14-11-8-5-2)33-29-31-36-39-35-30-26-15-12-9-6-3/h37,39H,4-36H2,1-3H3. The van der Waals surface area contributed by atoms with E-state index in [2.05, 4.69) is 26.1 Å². The fourth-order valence-corrected chi connectivity index (χ4v) is 6.13. The van der Waals surface area contributed by atoms with Crippen LogP contribution in [0.1, 0.15) is 220 Å². The number of carbonyl (C=O) groups is 1. The second-order valence-corrected chi connectivity index (χ2v) is 13.1. The van der Waals surface area contributed by atoms with Crippen molar-refractivity contribution in [1.29, 1.82) is 0 Å². The summed E-state index contributed by atoms with van der Waals surface area (Å²) in [6.45, 7) is 9.17. The zero-order valence-electron chi connectivity index (χ0n) is 28.3. The van der Waals surface area contributed by atoms with Gasteiger partial charge in [0.25, 0.3) is 0 Å². The average Bonchev–Trinajstić information content (AvgIpc) is 2.96. The molecule has 0 bridgehead atoms. The molecule has 0 aromatic heterocycles. The van der Waals surface area contributed by atoms with E-state index in [0.717, 1.165) is 32.2 Å². The Labute approximate surface area is 254 Å². The number of Topliss-reactive ketones (excluding diaryl/α,β-unsaturated/α-hetero) is 1. The number of ketones is 1. The third-order valence-electron chi connectivity index (χ3n) is 9.00. The fraction of sp³-hybridized carbons (Fsp3) is 0.974. The number of carbonyl (C=O) groups excluding carboxylic acids is 1. The Morgan fingerprint density at radius 2 is 0.700 bits per heavy atom. The largest absolute Gasteiger partial charge is 0.317 e. The topological polar surface area (TPSA) is 29.1 Å². The highest BCUT2D eigenvalue weighted by Crippen LogP contribution is 2.22. The van der Waals surface area contributed by atoms with Crippen molar-refractivity contribution in [2.75, 3.05) is 13.1 Å². The molecule has 0 aliphatic rings. The van der Waals surface area contributed by atoms with Crippen molar-refractivity contribution in [3.05, 3.63) is 0 Å². The molecule has 0 amide bonds. The first kappa shape index (κ1) is 39.6. The molecule has 0 saturated carbocycles. The van der Waals surface area contributed by atoms with Gasteiger partial charge in [-0.3, -0.25) is 4.79 Å². The summed E-state index contributed by atoms with van der Waals surface area (Å²) >= 11 is 0. The molecule has 0 aromatic carbocycles. The summed E-state index contributed by atoms with van der Waals surface area (Å²) in [4.78, 5) is 13.1. The van der Waals surface area contributed by atoms with Crippen molar-refractivity contribution in [3.63, 3.8) is 0 Å². The quantitative estimate of drug-likeness (QED) is 0.0777. The first-order valence-electron chi connectivity index (χ1n) is 19.0. The van der Waals surface area contributed by atoms with Gasteiger partial charge in [0.15, 0.2) is 0 Å². The zero-order chi connectivity index (χ0) is 29.2. The maximum atomic E-state index is 13.1. The Bertz CT molecular complexity index is 476. The van der Waals surface area contributed by atoms with Crippen LogP contribution in [0, 0.1) is 5.92 Å². The van der Waals surface area contributed by atoms with Gasteiger partial charge in [-0.1, -0.05) is 181 Å². The third kappa shape index (κ3) is 30.6. The molecule has 0 saturated heterocycles. The molecule has 0 heterocycles. The van der Waals surface area contributed by atoms with Crippen molar-refractivity contribution in [3.8, 4) is 0 Å². The highest BCUT2D eigenvalue weighted by Gasteiger charge is 2.17. The second-order valence-electron chi connectivity index (χ2n) is 13.1. The van der Waals surface area contributed by atoms with Crippen molar-refractivity contribution < 1.29 is 4.79 Å². The van der Waals surface area contributed by atoms with Crippen LogP contribution in [0.2, 0.25) is 0 Å². The summed E-state index contributed by atoms with van der Waals surface area (Å²) in [5, 5.41) is 3.65. The molecule has 240 valence electrons. The van der Waals surface area contributed by atoms with Gasteiger partial charge in [-0.2, -0.15) is 0 Å². The molecule has 1 atom stereocenters. The van der Waals surface area contributed by atoms with E-state index in [9.17, 15) is 4.79 Å². The lowest BCUT2D eigenvalue weighted by Crippen LogP contribution is -2.18. The molecule has 0 aliphatic heterocycles. The van der Waals surface area contributed by atoms with Crippen LogP contribution in [0.5, 0.6) is 0 Å². The van der Waals surface area contributed by atoms with Crippen LogP contribution < -0.4 is 5.32 Å². The molecular weight excluding hydrogens is 486 g/mol. The highest BCUT2D eigenvalue weighted by atomic mass is 16.1. The van der Waals surface area contributed by atoms with Gasteiger partial charge in [-0.25, -0.2) is 0 Å². The van der Waals surface area contributed by atoms with Crippen molar-refractivity contribution in [2.45, 2.75) is 220 Å². The van der Waals surface area contributed by atoms with Gasteiger partial charge >= 0.3 is 0 Å². The Morgan fingerprint density at radius 3 is 1.12 bits per heavy atom. The summed E-state index contributed by atoms with van der Waals surface area (Å²) in [7, 11) is 0. The monoisotopic (exact) mass is 564 g/mol. The molecule has 0 rings (SSSR count). The van der Waals surface area contributed by atoms with Crippen molar-refractivity contribution in [1.82, 2.24) is 5.32 Å². The number of hydrogen-bond donors (Lipinski definition) is 1. The number of nitrogens with one attached hydrogen (secondary N) is 1. The minimum absolute atomic E-state index is 0.339. The van der Waals surface area contributed by atoms with Gasteiger partial charge in [0.2, 0.25) is 0 Å². The molecule has 0 spiro atoms. The van der Waals surface area contributed by atoms with E-state index in [1.807, 2.05) is 0 Å². The van der Waals surface area contributed by atoms with E-state index in [1.165, 1.54) is 180 Å². The van der Waals surface area contributed by atoms with Crippen LogP contribution in [-0.4, -0.2) is 18.9 Å². The van der Waals surface area contributed by atoms with Gasteiger partial charge in [0.1, 0.15) is 5.78 Å². The van der Waals surface area contributed by atoms with Crippen LogP contribution in [0.4, 0.5) is 0 Å². The minimum atomic E-state index is 0.339. The van der Waals surface area contributed by atoms with Gasteiger partial charge in [-0.05, 0) is 45.2 Å². The maximum Gasteiger partial charge on any atom is 0.135 e. The van der Waals surface area contributed by atoms with E-state index >= 15 is 0 Å². The maximum absolute atomic E-state index is 13.1. The fourth-order valence-electron chi connectivity index (χ4n) is 6.13. The average molecular weight is 564 g/mol. The third-order valence-corrected chi connectivity index (χ3v) is 9.00. The number of rotatable bonds is 35. The van der Waals surface area contributed by atoms with E-state index in [4.69, 9.17) is 0 Å². The predicted molar refractivity (Wildman–Crippen MR) is 182 cm³/mol. The van der Waals surface area contributed by atoms with Crippen LogP contribution >= 0.6 is 0 Å². The van der Waals surface area contributed by atoms with Gasteiger partial charge in [0.05, 0.1) is 0 Å². The van der Waals surface area contributed by atoms with Crippen LogP contribution in [-0.2, 0) is 4.79 Å². The summed E-state index contributed by atoms with van der Waals surface area (Å²) < 4.78 is 0. The lowest BCUT2D eigenvalue weighted by atomic mass is 9.88. The molecule has 0 aliphatic carbocycles. The molecule has 0 fully saturated rings. The summed E-state index contributed by atoms with van der Waals surface area (Å²) in [6.07, 6.45) is 41.1. The Balaban J connectivity index is 3.97. The van der Waals surface area contributed by atoms with Gasteiger partial charge < -0.3 is 5.32 Å². The Kier molecular flexibility index (Phi) is 34.5. The second kappa shape index (κ2) is 34.8. The van der Waals surface area contributed by atoms with Crippen molar-refractivity contribution in [2.24, 2.45) is 5.92 Å². The molecule has 2 heteroatoms. The SMILES string of the molecule is CCCCCCCCCCCCCCCC(=O)C(CCCCCCCCC)CCCCNCCCCCCCC. The first-order chi connectivity index (χ1) is 19.8. The molecule has 0 aromatic rings. The smallest absolute Gasteiger partial charge is 0.135 e. The van der Waals surface area contributed by atoms with E-state index in [0.29, 0.717) is 11.7 Å². The van der Waals surface area contributed by atoms with Gasteiger partial charge in [0, 0.05) is 12.3 Å².